The van der Waals surface area contributed by atoms with E-state index in [2.05, 4.69) is 20.9 Å². The lowest BCUT2D eigenvalue weighted by Crippen LogP contribution is -2.40. The molecule has 0 radical (unpaired) electrons. The van der Waals surface area contributed by atoms with Crippen LogP contribution in [0.5, 0.6) is 17.2 Å². The third-order valence-electron chi connectivity index (χ3n) is 5.73. The van der Waals surface area contributed by atoms with Gasteiger partial charge in [0.25, 0.3) is 5.56 Å². The number of benzene rings is 2. The van der Waals surface area contributed by atoms with Gasteiger partial charge in [-0.2, -0.15) is 0 Å². The summed E-state index contributed by atoms with van der Waals surface area (Å²) in [6, 6.07) is 10.1. The summed E-state index contributed by atoms with van der Waals surface area (Å²) in [5, 5.41) is 0. The van der Waals surface area contributed by atoms with Crippen molar-refractivity contribution in [1.82, 2.24) is 4.57 Å². The molecule has 1 aromatic heterocycles. The van der Waals surface area contributed by atoms with Crippen LogP contribution in [-0.2, 0) is 9.53 Å². The molecular formula is C26H25BrN2O6S. The largest absolute Gasteiger partial charge is 0.497 e. The minimum Gasteiger partial charge on any atom is -0.497 e. The average Bonchev–Trinajstić information content (AvgIpc) is 3.18. The maximum Gasteiger partial charge on any atom is 0.338 e. The molecule has 3 aromatic rings. The lowest BCUT2D eigenvalue weighted by Gasteiger charge is -2.25. The molecule has 0 N–H and O–H groups in total. The molecule has 36 heavy (non-hydrogen) atoms. The van der Waals surface area contributed by atoms with E-state index in [1.165, 1.54) is 23.0 Å². The van der Waals surface area contributed by atoms with Crippen molar-refractivity contribution >= 4 is 39.3 Å². The Morgan fingerprint density at radius 1 is 1.11 bits per heavy atom. The lowest BCUT2D eigenvalue weighted by molar-refractivity contribution is -0.139. The van der Waals surface area contributed by atoms with Gasteiger partial charge >= 0.3 is 5.97 Å². The van der Waals surface area contributed by atoms with Gasteiger partial charge in [0, 0.05) is 4.47 Å². The Labute approximate surface area is 220 Å². The molecule has 1 aliphatic rings. The molecule has 0 amide bonds. The van der Waals surface area contributed by atoms with Crippen molar-refractivity contribution in [3.8, 4) is 17.2 Å². The lowest BCUT2D eigenvalue weighted by atomic mass is 9.95. The molecule has 1 aliphatic heterocycles. The van der Waals surface area contributed by atoms with E-state index >= 15 is 0 Å². The molecule has 188 valence electrons. The molecule has 1 atom stereocenters. The number of allylic oxidation sites excluding steroid dienone is 1. The third kappa shape index (κ3) is 4.70. The van der Waals surface area contributed by atoms with E-state index in [1.807, 2.05) is 18.2 Å². The van der Waals surface area contributed by atoms with Crippen LogP contribution in [0.2, 0.25) is 0 Å². The van der Waals surface area contributed by atoms with Gasteiger partial charge in [0.05, 0.1) is 49.8 Å². The number of methoxy groups -OCH3 is 3. The highest BCUT2D eigenvalue weighted by Gasteiger charge is 2.34. The first-order valence-electron chi connectivity index (χ1n) is 11.1. The second-order valence-corrected chi connectivity index (χ2v) is 9.67. The first kappa shape index (κ1) is 25.7. The molecule has 2 heterocycles. The van der Waals surface area contributed by atoms with E-state index in [1.54, 1.807) is 52.3 Å². The standard InChI is InChI=1S/C26H25BrN2O6S/c1-6-35-25(31)22-14(2)28-26-29(23(22)15-7-10-19(33-4)20(12-15)34-5)24(30)21(36-26)13-16-11-17(32-3)8-9-18(16)27/h7-13,23H,6H2,1-5H3/b21-13-/t23-/m1/s1. The summed E-state index contributed by atoms with van der Waals surface area (Å²) in [5.74, 6) is 1.16. The van der Waals surface area contributed by atoms with Crippen LogP contribution in [0.4, 0.5) is 0 Å². The zero-order valence-corrected chi connectivity index (χ0v) is 22.9. The molecule has 0 unspecified atom stereocenters. The van der Waals surface area contributed by atoms with Crippen LogP contribution in [0.15, 0.2) is 61.9 Å². The van der Waals surface area contributed by atoms with Crippen LogP contribution in [0, 0.1) is 0 Å². The Kier molecular flexibility index (Phi) is 7.65. The zero-order chi connectivity index (χ0) is 26.0. The quantitative estimate of drug-likeness (QED) is 0.402. The smallest absolute Gasteiger partial charge is 0.338 e. The Morgan fingerprint density at radius 2 is 1.86 bits per heavy atom. The van der Waals surface area contributed by atoms with Crippen LogP contribution in [-0.4, -0.2) is 38.5 Å². The molecule has 0 bridgehead atoms. The predicted octanol–water partition coefficient (Wildman–Crippen LogP) is 3.59. The number of nitrogens with zero attached hydrogens (tertiary/aromatic N) is 2. The fraction of sp³-hybridized carbons (Fsp3) is 0.269. The zero-order valence-electron chi connectivity index (χ0n) is 20.5. The molecule has 0 aliphatic carbocycles. The minimum absolute atomic E-state index is 0.197. The maximum atomic E-state index is 13.8. The van der Waals surface area contributed by atoms with Crippen molar-refractivity contribution in [2.75, 3.05) is 27.9 Å². The van der Waals surface area contributed by atoms with Gasteiger partial charge in [-0.1, -0.05) is 33.3 Å². The minimum atomic E-state index is -0.754. The van der Waals surface area contributed by atoms with Gasteiger partial charge in [-0.3, -0.25) is 9.36 Å². The summed E-state index contributed by atoms with van der Waals surface area (Å²) in [4.78, 5) is 31.9. The van der Waals surface area contributed by atoms with E-state index in [-0.39, 0.29) is 12.2 Å². The number of carbonyl (C=O) groups is 1. The highest BCUT2D eigenvalue weighted by molar-refractivity contribution is 9.10. The number of hydrogen-bond acceptors (Lipinski definition) is 8. The molecule has 0 saturated carbocycles. The second kappa shape index (κ2) is 10.7. The Balaban J connectivity index is 1.98. The van der Waals surface area contributed by atoms with Crippen LogP contribution >= 0.6 is 27.3 Å². The fourth-order valence-corrected chi connectivity index (χ4v) is 5.43. The Morgan fingerprint density at radius 3 is 2.53 bits per heavy atom. The van der Waals surface area contributed by atoms with E-state index < -0.39 is 12.0 Å². The van der Waals surface area contributed by atoms with Gasteiger partial charge in [-0.25, -0.2) is 9.79 Å². The fourth-order valence-electron chi connectivity index (χ4n) is 4.03. The molecule has 4 rings (SSSR count). The highest BCUT2D eigenvalue weighted by Crippen LogP contribution is 2.36. The first-order chi connectivity index (χ1) is 17.3. The molecule has 10 heteroatoms. The predicted molar refractivity (Wildman–Crippen MR) is 141 cm³/mol. The number of rotatable bonds is 7. The molecule has 0 spiro atoms. The van der Waals surface area contributed by atoms with Crippen LogP contribution < -0.4 is 29.1 Å². The van der Waals surface area contributed by atoms with E-state index in [0.717, 1.165) is 10.0 Å². The first-order valence-corrected chi connectivity index (χ1v) is 12.7. The van der Waals surface area contributed by atoms with E-state index in [4.69, 9.17) is 18.9 Å². The van der Waals surface area contributed by atoms with Gasteiger partial charge in [0.1, 0.15) is 5.75 Å². The monoisotopic (exact) mass is 572 g/mol. The number of halogens is 1. The van der Waals surface area contributed by atoms with Crippen molar-refractivity contribution in [3.05, 3.63) is 83.0 Å². The topological polar surface area (TPSA) is 88.4 Å². The van der Waals surface area contributed by atoms with Gasteiger partial charge < -0.3 is 18.9 Å². The Hall–Kier alpha value is -3.37. The number of fused-ring (bicyclic) bond motifs is 1. The highest BCUT2D eigenvalue weighted by atomic mass is 79.9. The second-order valence-electron chi connectivity index (χ2n) is 7.80. The summed E-state index contributed by atoms with van der Waals surface area (Å²) in [5.41, 5.74) is 1.96. The summed E-state index contributed by atoms with van der Waals surface area (Å²) >= 11 is 4.79. The van der Waals surface area contributed by atoms with Gasteiger partial charge in [-0.05, 0) is 61.4 Å². The number of aromatic nitrogens is 1. The molecule has 8 nitrogen and oxygen atoms in total. The summed E-state index contributed by atoms with van der Waals surface area (Å²) in [6.07, 6.45) is 1.78. The molecule has 0 saturated heterocycles. The van der Waals surface area contributed by atoms with Crippen molar-refractivity contribution in [2.45, 2.75) is 19.9 Å². The van der Waals surface area contributed by atoms with Crippen LogP contribution in [0.25, 0.3) is 6.08 Å². The SMILES string of the molecule is CCOC(=O)C1=C(C)N=c2s/c(=C\c3cc(OC)ccc3Br)c(=O)n2[C@@H]1c1ccc(OC)c(OC)c1. The number of ether oxygens (including phenoxy) is 4. The van der Waals surface area contributed by atoms with Gasteiger partial charge in [0.2, 0.25) is 0 Å². The molecule has 2 aromatic carbocycles. The van der Waals surface area contributed by atoms with Crippen molar-refractivity contribution in [2.24, 2.45) is 4.99 Å². The van der Waals surface area contributed by atoms with E-state index in [0.29, 0.717) is 43.4 Å². The number of carbonyl (C=O) groups excluding carboxylic acids is 1. The summed E-state index contributed by atoms with van der Waals surface area (Å²) in [7, 11) is 4.67. The summed E-state index contributed by atoms with van der Waals surface area (Å²) in [6.45, 7) is 3.68. The normalized spacial score (nSPS) is 15.3. The van der Waals surface area contributed by atoms with Crippen molar-refractivity contribution < 1.29 is 23.7 Å². The number of hydrogen-bond donors (Lipinski definition) is 0. The number of esters is 1. The third-order valence-corrected chi connectivity index (χ3v) is 7.44. The molecular weight excluding hydrogens is 548 g/mol. The maximum absolute atomic E-state index is 13.8. The van der Waals surface area contributed by atoms with Gasteiger partial charge in [-0.15, -0.1) is 0 Å². The van der Waals surface area contributed by atoms with Crippen molar-refractivity contribution in [1.29, 1.82) is 0 Å². The summed E-state index contributed by atoms with van der Waals surface area (Å²) < 4.78 is 24.4. The van der Waals surface area contributed by atoms with Crippen LogP contribution in [0.3, 0.4) is 0 Å². The van der Waals surface area contributed by atoms with Gasteiger partial charge in [0.15, 0.2) is 16.3 Å². The average molecular weight is 573 g/mol. The van der Waals surface area contributed by atoms with E-state index in [9.17, 15) is 9.59 Å². The van der Waals surface area contributed by atoms with Crippen molar-refractivity contribution in [3.63, 3.8) is 0 Å². The number of thiazole rings is 1. The van der Waals surface area contributed by atoms with Crippen LogP contribution in [0.1, 0.15) is 31.0 Å². The molecule has 0 fully saturated rings. The Bertz CT molecular complexity index is 1540.